The minimum atomic E-state index is -1.45. The van der Waals surface area contributed by atoms with Crippen LogP contribution < -0.4 is 0 Å². The normalized spacial score (nSPS) is 12.5. The van der Waals surface area contributed by atoms with Gasteiger partial charge in [-0.05, 0) is 30.2 Å². The number of aryl methyl sites for hydroxylation is 1. The Hall–Kier alpha value is -0.870. The molecule has 0 saturated carbocycles. The van der Waals surface area contributed by atoms with Crippen molar-refractivity contribution in [2.45, 2.75) is 13.0 Å². The Bertz CT molecular complexity index is 336. The van der Waals surface area contributed by atoms with Gasteiger partial charge in [0.05, 0.1) is 0 Å². The van der Waals surface area contributed by atoms with Crippen LogP contribution in [0, 0.1) is 6.92 Å². The topological polar surface area (TPSA) is 57.5 Å². The highest BCUT2D eigenvalue weighted by Crippen LogP contribution is 2.22. The predicted molar refractivity (Wildman–Crippen MR) is 51.5 cm³/mol. The second kappa shape index (κ2) is 3.89. The van der Waals surface area contributed by atoms with Crippen molar-refractivity contribution in [3.63, 3.8) is 0 Å². The number of hydrogen-bond acceptors (Lipinski definition) is 2. The summed E-state index contributed by atoms with van der Waals surface area (Å²) >= 11 is 3.21. The first kappa shape index (κ1) is 10.2. The van der Waals surface area contributed by atoms with Gasteiger partial charge in [-0.2, -0.15) is 0 Å². The molecule has 1 atom stereocenters. The molecule has 0 aliphatic carbocycles. The van der Waals surface area contributed by atoms with Crippen molar-refractivity contribution in [1.29, 1.82) is 0 Å². The molecular formula is C9H9BrO3. The fraction of sp³-hybridized carbons (Fsp3) is 0.222. The van der Waals surface area contributed by atoms with Crippen molar-refractivity contribution in [3.05, 3.63) is 33.8 Å². The third kappa shape index (κ3) is 2.29. The van der Waals surface area contributed by atoms with Crippen molar-refractivity contribution < 1.29 is 15.0 Å². The van der Waals surface area contributed by atoms with E-state index in [1.165, 1.54) is 0 Å². The Morgan fingerprint density at radius 2 is 2.15 bits per heavy atom. The number of aliphatic hydroxyl groups is 1. The van der Waals surface area contributed by atoms with Crippen molar-refractivity contribution in [2.24, 2.45) is 0 Å². The SMILES string of the molecule is Cc1ccc(Br)cc1C(O)C(=O)O. The largest absolute Gasteiger partial charge is 0.479 e. The van der Waals surface area contributed by atoms with Gasteiger partial charge in [0, 0.05) is 4.47 Å². The standard InChI is InChI=1S/C9H9BrO3/c1-5-2-3-6(10)4-7(5)8(11)9(12)13/h2-4,8,11H,1H3,(H,12,13). The molecule has 0 aliphatic rings. The number of hydrogen-bond donors (Lipinski definition) is 2. The molecule has 0 radical (unpaired) electrons. The molecule has 1 unspecified atom stereocenters. The number of halogens is 1. The summed E-state index contributed by atoms with van der Waals surface area (Å²) in [5.74, 6) is -1.23. The van der Waals surface area contributed by atoms with Crippen LogP contribution in [0.2, 0.25) is 0 Å². The van der Waals surface area contributed by atoms with E-state index in [1.807, 2.05) is 0 Å². The molecule has 0 bridgehead atoms. The molecule has 70 valence electrons. The smallest absolute Gasteiger partial charge is 0.337 e. The van der Waals surface area contributed by atoms with Crippen LogP contribution in [0.1, 0.15) is 17.2 Å². The van der Waals surface area contributed by atoms with E-state index in [0.717, 1.165) is 10.0 Å². The summed E-state index contributed by atoms with van der Waals surface area (Å²) in [6.45, 7) is 1.76. The fourth-order valence-corrected chi connectivity index (χ4v) is 1.42. The lowest BCUT2D eigenvalue weighted by molar-refractivity contribution is -0.147. The molecule has 0 spiro atoms. The maximum atomic E-state index is 10.5. The molecule has 0 heterocycles. The highest BCUT2D eigenvalue weighted by molar-refractivity contribution is 9.10. The summed E-state index contributed by atoms with van der Waals surface area (Å²) in [4.78, 5) is 10.5. The second-order valence-electron chi connectivity index (χ2n) is 2.74. The highest BCUT2D eigenvalue weighted by atomic mass is 79.9. The first-order valence-corrected chi connectivity index (χ1v) is 4.48. The molecule has 2 N–H and O–H groups in total. The summed E-state index contributed by atoms with van der Waals surface area (Å²) in [5, 5.41) is 17.9. The molecule has 1 aromatic rings. The van der Waals surface area contributed by atoms with E-state index in [0.29, 0.717) is 5.56 Å². The molecule has 0 aliphatic heterocycles. The quantitative estimate of drug-likeness (QED) is 0.836. The zero-order chi connectivity index (χ0) is 10.0. The molecule has 4 heteroatoms. The lowest BCUT2D eigenvalue weighted by atomic mass is 10.0. The molecule has 0 fully saturated rings. The molecule has 3 nitrogen and oxygen atoms in total. The highest BCUT2D eigenvalue weighted by Gasteiger charge is 2.17. The first-order valence-electron chi connectivity index (χ1n) is 3.69. The number of aliphatic hydroxyl groups excluding tert-OH is 1. The summed E-state index contributed by atoms with van der Waals surface area (Å²) in [7, 11) is 0. The Labute approximate surface area is 84.1 Å². The third-order valence-electron chi connectivity index (χ3n) is 1.77. The molecule has 0 aromatic heterocycles. The van der Waals surface area contributed by atoms with E-state index in [4.69, 9.17) is 5.11 Å². The summed E-state index contributed by atoms with van der Waals surface area (Å²) in [6, 6.07) is 5.16. The van der Waals surface area contributed by atoms with Crippen molar-refractivity contribution in [3.8, 4) is 0 Å². The van der Waals surface area contributed by atoms with Crippen LogP contribution in [0.5, 0.6) is 0 Å². The summed E-state index contributed by atoms with van der Waals surface area (Å²) in [6.07, 6.45) is -1.45. The van der Waals surface area contributed by atoms with Gasteiger partial charge < -0.3 is 10.2 Å². The van der Waals surface area contributed by atoms with Crippen LogP contribution in [0.15, 0.2) is 22.7 Å². The number of aliphatic carboxylic acids is 1. The van der Waals surface area contributed by atoms with E-state index in [-0.39, 0.29) is 0 Å². The van der Waals surface area contributed by atoms with Gasteiger partial charge in [0.25, 0.3) is 0 Å². The molecule has 0 amide bonds. The fourth-order valence-electron chi connectivity index (χ4n) is 1.04. The summed E-state index contributed by atoms with van der Waals surface area (Å²) < 4.78 is 0.758. The average Bonchev–Trinajstić information content (AvgIpc) is 2.08. The molecule has 1 rings (SSSR count). The van der Waals surface area contributed by atoms with Crippen LogP contribution in [-0.4, -0.2) is 16.2 Å². The van der Waals surface area contributed by atoms with Crippen LogP contribution in [0.3, 0.4) is 0 Å². The zero-order valence-electron chi connectivity index (χ0n) is 6.99. The number of carboxylic acids is 1. The van der Waals surface area contributed by atoms with E-state index < -0.39 is 12.1 Å². The number of rotatable bonds is 2. The maximum Gasteiger partial charge on any atom is 0.337 e. The minimum Gasteiger partial charge on any atom is -0.479 e. The lowest BCUT2D eigenvalue weighted by Crippen LogP contribution is -2.11. The molecule has 0 saturated heterocycles. The molecule has 1 aromatic carbocycles. The second-order valence-corrected chi connectivity index (χ2v) is 3.66. The van der Waals surface area contributed by atoms with Crippen molar-refractivity contribution in [2.75, 3.05) is 0 Å². The number of benzene rings is 1. The van der Waals surface area contributed by atoms with Crippen LogP contribution in [-0.2, 0) is 4.79 Å². The molecule has 13 heavy (non-hydrogen) atoms. The van der Waals surface area contributed by atoms with Crippen molar-refractivity contribution >= 4 is 21.9 Å². The lowest BCUT2D eigenvalue weighted by Gasteiger charge is -2.09. The van der Waals surface area contributed by atoms with Gasteiger partial charge in [-0.3, -0.25) is 0 Å². The molecular weight excluding hydrogens is 236 g/mol. The Morgan fingerprint density at radius 3 is 2.69 bits per heavy atom. The third-order valence-corrected chi connectivity index (χ3v) is 2.26. The zero-order valence-corrected chi connectivity index (χ0v) is 8.58. The first-order chi connectivity index (χ1) is 6.02. The van der Waals surface area contributed by atoms with Gasteiger partial charge in [-0.15, -0.1) is 0 Å². The number of carbonyl (C=O) groups is 1. The van der Waals surface area contributed by atoms with E-state index in [2.05, 4.69) is 15.9 Å². The van der Waals surface area contributed by atoms with Gasteiger partial charge in [0.15, 0.2) is 6.10 Å². The minimum absolute atomic E-state index is 0.418. The van der Waals surface area contributed by atoms with E-state index in [1.54, 1.807) is 25.1 Å². The van der Waals surface area contributed by atoms with E-state index >= 15 is 0 Å². The van der Waals surface area contributed by atoms with E-state index in [9.17, 15) is 9.90 Å². The Balaban J connectivity index is 3.12. The van der Waals surface area contributed by atoms with Crippen molar-refractivity contribution in [1.82, 2.24) is 0 Å². The van der Waals surface area contributed by atoms with Crippen LogP contribution in [0.4, 0.5) is 0 Å². The van der Waals surface area contributed by atoms with Gasteiger partial charge in [0.2, 0.25) is 0 Å². The van der Waals surface area contributed by atoms with Gasteiger partial charge >= 0.3 is 5.97 Å². The predicted octanol–water partition coefficient (Wildman–Crippen LogP) is 1.88. The van der Waals surface area contributed by atoms with Crippen LogP contribution in [0.25, 0.3) is 0 Å². The Kier molecular flexibility index (Phi) is 3.06. The average molecular weight is 245 g/mol. The van der Waals surface area contributed by atoms with Crippen LogP contribution >= 0.6 is 15.9 Å². The summed E-state index contributed by atoms with van der Waals surface area (Å²) in [5.41, 5.74) is 1.18. The Morgan fingerprint density at radius 1 is 1.54 bits per heavy atom. The maximum absolute atomic E-state index is 10.5. The van der Waals surface area contributed by atoms with Gasteiger partial charge in [0.1, 0.15) is 0 Å². The van der Waals surface area contributed by atoms with Gasteiger partial charge in [-0.25, -0.2) is 4.79 Å². The monoisotopic (exact) mass is 244 g/mol. The van der Waals surface area contributed by atoms with Gasteiger partial charge in [-0.1, -0.05) is 22.0 Å². The number of carboxylic acid groups (broad SMARTS) is 1.